The first-order valence-corrected chi connectivity index (χ1v) is 7.22. The molecule has 0 bridgehead atoms. The number of aliphatic hydroxyl groups excluding tert-OH is 1. The van der Waals surface area contributed by atoms with E-state index in [0.29, 0.717) is 24.2 Å². The minimum atomic E-state index is -3.66. The molecule has 0 saturated heterocycles. The third kappa shape index (κ3) is 2.65. The van der Waals surface area contributed by atoms with Gasteiger partial charge >= 0.3 is 5.97 Å². The van der Waals surface area contributed by atoms with Crippen LogP contribution in [0.25, 0.3) is 0 Å². The van der Waals surface area contributed by atoms with Gasteiger partial charge in [-0.1, -0.05) is 0 Å². The molecule has 1 aromatic rings. The van der Waals surface area contributed by atoms with Gasteiger partial charge in [0.1, 0.15) is 9.09 Å². The molecule has 94 valence electrons. The van der Waals surface area contributed by atoms with E-state index in [0.717, 1.165) is 0 Å². The Morgan fingerprint density at radius 3 is 2.53 bits per heavy atom. The lowest BCUT2D eigenvalue weighted by Crippen LogP contribution is -2.46. The summed E-state index contributed by atoms with van der Waals surface area (Å²) in [5.74, 6) is -1.14. The maximum Gasteiger partial charge on any atom is 0.345 e. The van der Waals surface area contributed by atoms with Gasteiger partial charge in [0, 0.05) is 6.04 Å². The molecule has 3 N–H and O–H groups in total. The van der Waals surface area contributed by atoms with Gasteiger partial charge in [-0.2, -0.15) is 0 Å². The third-order valence-electron chi connectivity index (χ3n) is 2.49. The molecule has 0 amide bonds. The van der Waals surface area contributed by atoms with Crippen LogP contribution in [0.1, 0.15) is 22.5 Å². The van der Waals surface area contributed by atoms with Crippen LogP contribution in [0.4, 0.5) is 0 Å². The van der Waals surface area contributed by atoms with Crippen molar-refractivity contribution in [1.82, 2.24) is 4.72 Å². The zero-order valence-electron chi connectivity index (χ0n) is 8.66. The number of nitrogens with one attached hydrogen (secondary N) is 1. The fourth-order valence-corrected chi connectivity index (χ4v) is 3.96. The molecule has 0 spiro atoms. The van der Waals surface area contributed by atoms with E-state index in [4.69, 9.17) is 10.2 Å². The Morgan fingerprint density at radius 2 is 2.06 bits per heavy atom. The van der Waals surface area contributed by atoms with Gasteiger partial charge in [-0.05, 0) is 25.0 Å². The molecule has 2 rings (SSSR count). The summed E-state index contributed by atoms with van der Waals surface area (Å²) < 4.78 is 26.0. The van der Waals surface area contributed by atoms with E-state index < -0.39 is 22.1 Å². The Morgan fingerprint density at radius 1 is 1.41 bits per heavy atom. The summed E-state index contributed by atoms with van der Waals surface area (Å²) >= 11 is 0.713. The minimum absolute atomic E-state index is 0.0148. The Bertz CT molecular complexity index is 529. The monoisotopic (exact) mass is 277 g/mol. The van der Waals surface area contributed by atoms with E-state index in [9.17, 15) is 13.2 Å². The highest BCUT2D eigenvalue weighted by Crippen LogP contribution is 2.25. The highest BCUT2D eigenvalue weighted by atomic mass is 32.2. The zero-order chi connectivity index (χ0) is 12.6. The number of hydrogen-bond donors (Lipinski definition) is 3. The first-order chi connectivity index (χ1) is 7.88. The van der Waals surface area contributed by atoms with Crippen LogP contribution < -0.4 is 4.72 Å². The van der Waals surface area contributed by atoms with Gasteiger partial charge in [0.25, 0.3) is 0 Å². The summed E-state index contributed by atoms with van der Waals surface area (Å²) in [4.78, 5) is 10.6. The summed E-state index contributed by atoms with van der Waals surface area (Å²) in [7, 11) is -3.66. The van der Waals surface area contributed by atoms with Crippen molar-refractivity contribution in [2.24, 2.45) is 0 Å². The Kier molecular flexibility index (Phi) is 3.21. The Balaban J connectivity index is 2.11. The Labute approximate surface area is 102 Å². The SMILES string of the molecule is O=C(O)c1ccc(S(=O)(=O)NC2CC(O)C2)s1. The summed E-state index contributed by atoms with van der Waals surface area (Å²) in [6.07, 6.45) is 0.355. The maximum absolute atomic E-state index is 11.8. The van der Waals surface area contributed by atoms with Crippen LogP contribution in [0.15, 0.2) is 16.3 Å². The lowest BCUT2D eigenvalue weighted by molar-refractivity contribution is 0.0698. The van der Waals surface area contributed by atoms with Crippen LogP contribution in [-0.2, 0) is 10.0 Å². The van der Waals surface area contributed by atoms with Gasteiger partial charge in [0.15, 0.2) is 0 Å². The fraction of sp³-hybridized carbons (Fsp3) is 0.444. The molecule has 0 unspecified atom stereocenters. The number of aliphatic hydroxyl groups is 1. The molecular weight excluding hydrogens is 266 g/mol. The van der Waals surface area contributed by atoms with Gasteiger partial charge < -0.3 is 10.2 Å². The van der Waals surface area contributed by atoms with Crippen LogP contribution in [0, 0.1) is 0 Å². The van der Waals surface area contributed by atoms with Crippen LogP contribution in [-0.4, -0.2) is 36.7 Å². The van der Waals surface area contributed by atoms with E-state index in [-0.39, 0.29) is 15.1 Å². The van der Waals surface area contributed by atoms with Gasteiger partial charge in [-0.25, -0.2) is 17.9 Å². The third-order valence-corrected chi connectivity index (χ3v) is 5.58. The minimum Gasteiger partial charge on any atom is -0.477 e. The maximum atomic E-state index is 11.8. The molecule has 0 radical (unpaired) electrons. The number of carboxylic acid groups (broad SMARTS) is 1. The first-order valence-electron chi connectivity index (χ1n) is 4.92. The second-order valence-corrected chi connectivity index (χ2v) is 6.89. The van der Waals surface area contributed by atoms with E-state index in [1.807, 2.05) is 0 Å². The molecule has 8 heteroatoms. The molecule has 0 atom stereocenters. The molecule has 1 fully saturated rings. The average Bonchev–Trinajstić information content (AvgIpc) is 2.64. The van der Waals surface area contributed by atoms with Crippen molar-refractivity contribution in [2.45, 2.75) is 29.2 Å². The van der Waals surface area contributed by atoms with Gasteiger partial charge in [-0.15, -0.1) is 11.3 Å². The smallest absolute Gasteiger partial charge is 0.345 e. The number of aromatic carboxylic acids is 1. The fourth-order valence-electron chi connectivity index (χ4n) is 1.54. The number of thiophene rings is 1. The predicted molar refractivity (Wildman–Crippen MR) is 60.6 cm³/mol. The highest BCUT2D eigenvalue weighted by molar-refractivity contribution is 7.91. The molecular formula is C9H11NO5S2. The van der Waals surface area contributed by atoms with Crippen molar-refractivity contribution in [3.8, 4) is 0 Å². The zero-order valence-corrected chi connectivity index (χ0v) is 10.3. The lowest BCUT2D eigenvalue weighted by atomic mass is 9.91. The van der Waals surface area contributed by atoms with E-state index in [2.05, 4.69) is 4.72 Å². The van der Waals surface area contributed by atoms with E-state index in [1.54, 1.807) is 0 Å². The molecule has 1 saturated carbocycles. The molecule has 6 nitrogen and oxygen atoms in total. The number of hydrogen-bond acceptors (Lipinski definition) is 5. The molecule has 0 aromatic carbocycles. The van der Waals surface area contributed by atoms with Crippen LogP contribution >= 0.6 is 11.3 Å². The number of rotatable bonds is 4. The average molecular weight is 277 g/mol. The predicted octanol–water partition coefficient (Wildman–Crippen LogP) is 0.248. The normalized spacial score (nSPS) is 24.3. The van der Waals surface area contributed by atoms with Gasteiger partial charge in [0.05, 0.1) is 6.10 Å². The standard InChI is InChI=1S/C9H11NO5S2/c11-6-3-5(4-6)10-17(14,15)8-2-1-7(16-8)9(12)13/h1-2,5-6,10-11H,3-4H2,(H,12,13). The quantitative estimate of drug-likeness (QED) is 0.732. The molecule has 1 aromatic heterocycles. The molecule has 1 aliphatic rings. The number of carbonyl (C=O) groups is 1. The number of carboxylic acids is 1. The van der Waals surface area contributed by atoms with Crippen molar-refractivity contribution < 1.29 is 23.4 Å². The van der Waals surface area contributed by atoms with E-state index in [1.165, 1.54) is 12.1 Å². The summed E-state index contributed by atoms with van der Waals surface area (Å²) in [5, 5.41) is 17.8. The van der Waals surface area contributed by atoms with Crippen LogP contribution in [0.3, 0.4) is 0 Å². The largest absolute Gasteiger partial charge is 0.477 e. The van der Waals surface area contributed by atoms with Gasteiger partial charge in [0.2, 0.25) is 10.0 Å². The van der Waals surface area contributed by atoms with Gasteiger partial charge in [-0.3, -0.25) is 0 Å². The molecule has 1 heterocycles. The van der Waals surface area contributed by atoms with Crippen molar-refractivity contribution >= 4 is 27.3 Å². The summed E-state index contributed by atoms with van der Waals surface area (Å²) in [5.41, 5.74) is 0. The van der Waals surface area contributed by atoms with Crippen molar-refractivity contribution in [2.75, 3.05) is 0 Å². The van der Waals surface area contributed by atoms with Crippen LogP contribution in [0.5, 0.6) is 0 Å². The summed E-state index contributed by atoms with van der Waals surface area (Å²) in [6, 6.07) is 2.27. The lowest BCUT2D eigenvalue weighted by Gasteiger charge is -2.31. The molecule has 17 heavy (non-hydrogen) atoms. The van der Waals surface area contributed by atoms with Crippen molar-refractivity contribution in [3.63, 3.8) is 0 Å². The first kappa shape index (κ1) is 12.5. The molecule has 1 aliphatic carbocycles. The van der Waals surface area contributed by atoms with E-state index >= 15 is 0 Å². The van der Waals surface area contributed by atoms with Crippen LogP contribution in [0.2, 0.25) is 0 Å². The van der Waals surface area contributed by atoms with Crippen molar-refractivity contribution in [1.29, 1.82) is 0 Å². The topological polar surface area (TPSA) is 104 Å². The Hall–Kier alpha value is -0.960. The second kappa shape index (κ2) is 4.37. The summed E-state index contributed by atoms with van der Waals surface area (Å²) in [6.45, 7) is 0. The highest BCUT2D eigenvalue weighted by Gasteiger charge is 2.32. The van der Waals surface area contributed by atoms with Crippen molar-refractivity contribution in [3.05, 3.63) is 17.0 Å². The second-order valence-electron chi connectivity index (χ2n) is 3.87. The molecule has 0 aliphatic heterocycles. The number of sulfonamides is 1.